The molecular formula is C28H25ClF2O5. The van der Waals surface area contributed by atoms with Gasteiger partial charge in [0.05, 0.1) is 0 Å². The van der Waals surface area contributed by atoms with Crippen LogP contribution in [0.25, 0.3) is 0 Å². The maximum atomic E-state index is 16.9. The first kappa shape index (κ1) is 25.6. The Morgan fingerprint density at radius 3 is 2.33 bits per heavy atom. The lowest BCUT2D eigenvalue weighted by atomic mass is 9.75. The molecule has 0 saturated heterocycles. The number of carbonyl (C=O) groups is 2. The fraction of sp³-hybridized carbons (Fsp3) is 0.286. The van der Waals surface area contributed by atoms with Crippen LogP contribution in [-0.4, -0.2) is 28.8 Å². The molecule has 1 fully saturated rings. The van der Waals surface area contributed by atoms with Crippen molar-refractivity contribution in [3.8, 4) is 11.5 Å². The van der Waals surface area contributed by atoms with Crippen molar-refractivity contribution in [2.45, 2.75) is 43.9 Å². The summed E-state index contributed by atoms with van der Waals surface area (Å²) in [6, 6.07) is 18.8. The molecule has 0 bridgehead atoms. The van der Waals surface area contributed by atoms with Gasteiger partial charge in [-0.1, -0.05) is 48.0 Å². The zero-order valence-electron chi connectivity index (χ0n) is 19.5. The predicted octanol–water partition coefficient (Wildman–Crippen LogP) is 6.73. The van der Waals surface area contributed by atoms with Crippen LogP contribution in [0.5, 0.6) is 11.5 Å². The Balaban J connectivity index is 1.71. The summed E-state index contributed by atoms with van der Waals surface area (Å²) in [5, 5.41) is 10.6. The number of hydrogen-bond acceptors (Lipinski definition) is 4. The van der Waals surface area contributed by atoms with Crippen molar-refractivity contribution in [2.75, 3.05) is 0 Å². The monoisotopic (exact) mass is 514 g/mol. The Morgan fingerprint density at radius 1 is 1.08 bits per heavy atom. The third kappa shape index (κ3) is 5.68. The van der Waals surface area contributed by atoms with Gasteiger partial charge in [0, 0.05) is 24.3 Å². The van der Waals surface area contributed by atoms with Crippen LogP contribution in [0, 0.1) is 11.7 Å². The summed E-state index contributed by atoms with van der Waals surface area (Å²) in [5.41, 5.74) is -2.14. The van der Waals surface area contributed by atoms with Gasteiger partial charge in [-0.05, 0) is 66.3 Å². The van der Waals surface area contributed by atoms with Gasteiger partial charge < -0.3 is 14.6 Å². The summed E-state index contributed by atoms with van der Waals surface area (Å²) in [6.07, 6.45) is -0.691. The molecule has 4 rings (SSSR count). The van der Waals surface area contributed by atoms with Gasteiger partial charge in [0.2, 0.25) is 0 Å². The quantitative estimate of drug-likeness (QED) is 0.304. The topological polar surface area (TPSA) is 72.8 Å². The van der Waals surface area contributed by atoms with E-state index >= 15 is 4.39 Å². The van der Waals surface area contributed by atoms with Crippen LogP contribution in [0.1, 0.15) is 36.8 Å². The molecule has 1 saturated carbocycles. The predicted molar refractivity (Wildman–Crippen MR) is 131 cm³/mol. The van der Waals surface area contributed by atoms with E-state index in [9.17, 15) is 19.1 Å². The number of hydrogen-bond donors (Lipinski definition) is 1. The summed E-state index contributed by atoms with van der Waals surface area (Å²) in [6.45, 7) is 1.10. The highest BCUT2D eigenvalue weighted by Gasteiger charge is 2.59. The molecule has 0 radical (unpaired) electrons. The molecule has 3 aromatic rings. The molecule has 0 spiro atoms. The van der Waals surface area contributed by atoms with Gasteiger partial charge in [-0.2, -0.15) is 0 Å². The summed E-state index contributed by atoms with van der Waals surface area (Å²) >= 11 is 5.99. The number of para-hydroxylation sites is 1. The first-order valence-electron chi connectivity index (χ1n) is 11.5. The van der Waals surface area contributed by atoms with Crippen molar-refractivity contribution in [3.05, 3.63) is 94.8 Å². The minimum atomic E-state index is -2.95. The number of alkyl halides is 1. The standard InChI is InChI=1S/C28H25ClF2O5/c1-17(32)35-25(16-18-7-14-23(30)24(15-18)36-22-5-3-2-4-6-22)28(31,27(33)34)26(19-8-9-19)20-10-12-21(29)13-11-20/h2-7,10-15,19,25-26H,8-9,16H2,1H3,(H,33,34)/t25-,26?,28+/m0/s1. The summed E-state index contributed by atoms with van der Waals surface area (Å²) in [5.74, 6) is -4.23. The minimum absolute atomic E-state index is 0.114. The normalized spacial score (nSPS) is 16.4. The number of esters is 1. The number of carboxylic acids is 1. The van der Waals surface area contributed by atoms with Gasteiger partial charge in [-0.15, -0.1) is 0 Å². The molecule has 1 unspecified atom stereocenters. The Hall–Kier alpha value is -3.45. The molecule has 3 atom stereocenters. The van der Waals surface area contributed by atoms with Crippen molar-refractivity contribution in [1.82, 2.24) is 0 Å². The van der Waals surface area contributed by atoms with Crippen molar-refractivity contribution >= 4 is 23.5 Å². The Labute approximate surface area is 212 Å². The van der Waals surface area contributed by atoms with E-state index in [1.165, 1.54) is 12.1 Å². The number of ether oxygens (including phenoxy) is 2. The SMILES string of the molecule is CC(=O)O[C@@H](Cc1ccc(F)c(Oc2ccccc2)c1)[C@](F)(C(=O)O)C(c1ccc(Cl)cc1)C1CC1. The van der Waals surface area contributed by atoms with E-state index in [1.54, 1.807) is 54.6 Å². The van der Waals surface area contributed by atoms with Gasteiger partial charge in [-0.3, -0.25) is 4.79 Å². The van der Waals surface area contributed by atoms with Gasteiger partial charge >= 0.3 is 11.9 Å². The number of rotatable bonds is 10. The first-order valence-corrected chi connectivity index (χ1v) is 11.9. The van der Waals surface area contributed by atoms with Crippen LogP contribution in [-0.2, 0) is 20.7 Å². The van der Waals surface area contributed by atoms with Crippen molar-refractivity contribution in [2.24, 2.45) is 5.92 Å². The largest absolute Gasteiger partial charge is 0.479 e. The highest BCUT2D eigenvalue weighted by atomic mass is 35.5. The number of halogens is 3. The number of benzene rings is 3. The molecule has 0 amide bonds. The average molecular weight is 515 g/mol. The fourth-order valence-corrected chi connectivity index (χ4v) is 4.61. The van der Waals surface area contributed by atoms with E-state index < -0.39 is 35.4 Å². The van der Waals surface area contributed by atoms with Crippen LogP contribution in [0.2, 0.25) is 5.02 Å². The van der Waals surface area contributed by atoms with E-state index in [2.05, 4.69) is 0 Å². The van der Waals surface area contributed by atoms with Crippen molar-refractivity contribution < 1.29 is 33.0 Å². The Bertz CT molecular complexity index is 1230. The van der Waals surface area contributed by atoms with Crippen LogP contribution < -0.4 is 4.74 Å². The first-order chi connectivity index (χ1) is 17.2. The van der Waals surface area contributed by atoms with Crippen molar-refractivity contribution in [1.29, 1.82) is 0 Å². The van der Waals surface area contributed by atoms with Gasteiger partial charge in [0.15, 0.2) is 17.7 Å². The number of carboxylic acid groups (broad SMARTS) is 1. The van der Waals surface area contributed by atoms with Crippen LogP contribution in [0.15, 0.2) is 72.8 Å². The maximum absolute atomic E-state index is 16.9. The van der Waals surface area contributed by atoms with Crippen molar-refractivity contribution in [3.63, 3.8) is 0 Å². The average Bonchev–Trinajstić information content (AvgIpc) is 3.67. The van der Waals surface area contributed by atoms with E-state index in [-0.39, 0.29) is 18.1 Å². The molecule has 1 aliphatic rings. The number of carbonyl (C=O) groups excluding carboxylic acids is 1. The molecule has 8 heteroatoms. The van der Waals surface area contributed by atoms with Crippen LogP contribution in [0.4, 0.5) is 8.78 Å². The second-order valence-corrected chi connectivity index (χ2v) is 9.36. The lowest BCUT2D eigenvalue weighted by molar-refractivity contribution is -0.174. The summed E-state index contributed by atoms with van der Waals surface area (Å²) < 4.78 is 42.3. The molecule has 3 aromatic carbocycles. The Morgan fingerprint density at radius 2 is 1.75 bits per heavy atom. The van der Waals surface area contributed by atoms with E-state index in [0.717, 1.165) is 13.0 Å². The molecular weight excluding hydrogens is 490 g/mol. The van der Waals surface area contributed by atoms with Gasteiger partial charge in [0.25, 0.3) is 5.67 Å². The fourth-order valence-electron chi connectivity index (χ4n) is 4.49. The molecule has 0 aliphatic heterocycles. The summed E-state index contributed by atoms with van der Waals surface area (Å²) in [7, 11) is 0. The minimum Gasteiger partial charge on any atom is -0.479 e. The highest BCUT2D eigenvalue weighted by molar-refractivity contribution is 6.30. The van der Waals surface area contributed by atoms with Crippen LogP contribution in [0.3, 0.4) is 0 Å². The molecule has 36 heavy (non-hydrogen) atoms. The smallest absolute Gasteiger partial charge is 0.346 e. The number of aliphatic carboxylic acids is 1. The maximum Gasteiger partial charge on any atom is 0.346 e. The highest BCUT2D eigenvalue weighted by Crippen LogP contribution is 2.52. The third-order valence-corrected chi connectivity index (χ3v) is 6.52. The van der Waals surface area contributed by atoms with E-state index in [1.807, 2.05) is 0 Å². The molecule has 0 heterocycles. The second-order valence-electron chi connectivity index (χ2n) is 8.92. The Kier molecular flexibility index (Phi) is 7.59. The zero-order chi connectivity index (χ0) is 25.9. The van der Waals surface area contributed by atoms with Crippen LogP contribution >= 0.6 is 11.6 Å². The molecule has 188 valence electrons. The molecule has 0 aromatic heterocycles. The molecule has 1 N–H and O–H groups in total. The van der Waals surface area contributed by atoms with Gasteiger partial charge in [0.1, 0.15) is 5.75 Å². The summed E-state index contributed by atoms with van der Waals surface area (Å²) in [4.78, 5) is 24.5. The lowest BCUT2D eigenvalue weighted by Crippen LogP contribution is -2.53. The lowest BCUT2D eigenvalue weighted by Gasteiger charge is -2.36. The molecule has 1 aliphatic carbocycles. The molecule has 5 nitrogen and oxygen atoms in total. The third-order valence-electron chi connectivity index (χ3n) is 6.27. The zero-order valence-corrected chi connectivity index (χ0v) is 20.3. The second kappa shape index (κ2) is 10.7. The van der Waals surface area contributed by atoms with E-state index in [0.29, 0.717) is 34.7 Å². The van der Waals surface area contributed by atoms with Gasteiger partial charge in [-0.25, -0.2) is 13.6 Å². The van der Waals surface area contributed by atoms with E-state index in [4.69, 9.17) is 21.1 Å².